The van der Waals surface area contributed by atoms with E-state index in [9.17, 15) is 0 Å². The molecule has 1 aliphatic heterocycles. The van der Waals surface area contributed by atoms with Crippen molar-refractivity contribution in [3.05, 3.63) is 103 Å². The van der Waals surface area contributed by atoms with E-state index in [-0.39, 0.29) is 23.7 Å². The summed E-state index contributed by atoms with van der Waals surface area (Å²) in [6.45, 7) is 15.2. The van der Waals surface area contributed by atoms with Gasteiger partial charge in [-0.25, -0.2) is 0 Å². The van der Waals surface area contributed by atoms with E-state index < -0.39 is 0 Å². The van der Waals surface area contributed by atoms with Crippen molar-refractivity contribution in [1.82, 2.24) is 0 Å². The lowest BCUT2D eigenvalue weighted by atomic mass is 9.78. The van der Waals surface area contributed by atoms with Crippen LogP contribution < -0.4 is 5.46 Å². The zero-order chi connectivity index (χ0) is 27.6. The maximum absolute atomic E-state index is 6.31. The molecule has 1 aliphatic rings. The molecule has 39 heavy (non-hydrogen) atoms. The smallest absolute Gasteiger partial charge is 0.399 e. The average Bonchev–Trinajstić information content (AvgIpc) is 3.13. The molecule has 0 spiro atoms. The van der Waals surface area contributed by atoms with Gasteiger partial charge in [0.05, 0.1) is 11.2 Å². The summed E-state index contributed by atoms with van der Waals surface area (Å²) in [5, 5.41) is 4.93. The fourth-order valence-electron chi connectivity index (χ4n) is 5.50. The van der Waals surface area contributed by atoms with Crippen molar-refractivity contribution in [2.24, 2.45) is 0 Å². The third-order valence-corrected chi connectivity index (χ3v) is 8.67. The summed E-state index contributed by atoms with van der Waals surface area (Å²) in [6.07, 6.45) is 0. The Hall–Kier alpha value is -3.40. The minimum Gasteiger partial charge on any atom is -0.399 e. The third-order valence-electron chi connectivity index (χ3n) is 8.67. The molecule has 0 saturated carbocycles. The van der Waals surface area contributed by atoms with Crippen LogP contribution in [0.5, 0.6) is 0 Å². The van der Waals surface area contributed by atoms with Crippen LogP contribution in [0.25, 0.3) is 43.8 Å². The summed E-state index contributed by atoms with van der Waals surface area (Å²) in [5.41, 5.74) is 6.75. The van der Waals surface area contributed by atoms with E-state index in [1.54, 1.807) is 0 Å². The Balaban J connectivity index is 1.46. The van der Waals surface area contributed by atoms with Crippen molar-refractivity contribution in [3.8, 4) is 22.3 Å². The molecule has 0 atom stereocenters. The van der Waals surface area contributed by atoms with E-state index in [1.807, 2.05) is 0 Å². The minimum absolute atomic E-state index is 0.0607. The van der Waals surface area contributed by atoms with Gasteiger partial charge in [0.15, 0.2) is 0 Å². The standard InChI is InChI=1S/C36H37BO2/c1-34(2,3)28-18-20-31(33(23-28)32-14-10-12-24-11-8-9-13-30(24)32)27-16-15-26-22-29(19-17-25(26)21-27)37-38-35(4,5)36(6,7)39-37/h8-23H,1-7H3. The van der Waals surface area contributed by atoms with Gasteiger partial charge in [-0.2, -0.15) is 0 Å². The van der Waals surface area contributed by atoms with Crippen molar-refractivity contribution >= 4 is 34.1 Å². The van der Waals surface area contributed by atoms with Crippen LogP contribution in [0.3, 0.4) is 0 Å². The molecule has 0 unspecified atom stereocenters. The van der Waals surface area contributed by atoms with Gasteiger partial charge in [0.1, 0.15) is 0 Å². The Morgan fingerprint density at radius 2 is 1.23 bits per heavy atom. The van der Waals surface area contributed by atoms with Crippen LogP contribution in [0.1, 0.15) is 54.0 Å². The highest BCUT2D eigenvalue weighted by Crippen LogP contribution is 2.40. The molecule has 0 radical (unpaired) electrons. The Morgan fingerprint density at radius 1 is 0.564 bits per heavy atom. The summed E-state index contributed by atoms with van der Waals surface area (Å²) in [4.78, 5) is 0. The fourth-order valence-corrected chi connectivity index (χ4v) is 5.50. The molecule has 5 aromatic rings. The van der Waals surface area contributed by atoms with Gasteiger partial charge in [0.2, 0.25) is 0 Å². The van der Waals surface area contributed by atoms with Gasteiger partial charge in [-0.05, 0) is 100 Å². The first-order valence-corrected chi connectivity index (χ1v) is 14.0. The van der Waals surface area contributed by atoms with Crippen LogP contribution >= 0.6 is 0 Å². The van der Waals surface area contributed by atoms with E-state index in [0.29, 0.717) is 0 Å². The van der Waals surface area contributed by atoms with Gasteiger partial charge < -0.3 is 9.31 Å². The lowest BCUT2D eigenvalue weighted by Crippen LogP contribution is -2.41. The fraction of sp³-hybridized carbons (Fsp3) is 0.278. The molecule has 0 N–H and O–H groups in total. The lowest BCUT2D eigenvalue weighted by molar-refractivity contribution is 0.00578. The van der Waals surface area contributed by atoms with E-state index in [0.717, 1.165) is 5.46 Å². The molecule has 5 aromatic carbocycles. The molecule has 1 fully saturated rings. The number of hydrogen-bond donors (Lipinski definition) is 0. The van der Waals surface area contributed by atoms with Gasteiger partial charge in [0.25, 0.3) is 0 Å². The Labute approximate surface area is 233 Å². The summed E-state index contributed by atoms with van der Waals surface area (Å²) >= 11 is 0. The van der Waals surface area contributed by atoms with Crippen LogP contribution in [0.4, 0.5) is 0 Å². The van der Waals surface area contributed by atoms with Crippen LogP contribution in [0.15, 0.2) is 97.1 Å². The van der Waals surface area contributed by atoms with E-state index >= 15 is 0 Å². The zero-order valence-electron chi connectivity index (χ0n) is 24.1. The van der Waals surface area contributed by atoms with Crippen molar-refractivity contribution in [3.63, 3.8) is 0 Å². The molecule has 1 saturated heterocycles. The van der Waals surface area contributed by atoms with E-state index in [1.165, 1.54) is 49.4 Å². The maximum atomic E-state index is 6.31. The normalized spacial score (nSPS) is 16.7. The number of fused-ring (bicyclic) bond motifs is 2. The van der Waals surface area contributed by atoms with Crippen molar-refractivity contribution in [2.45, 2.75) is 65.1 Å². The first kappa shape index (κ1) is 25.9. The molecule has 0 amide bonds. The lowest BCUT2D eigenvalue weighted by Gasteiger charge is -2.32. The second-order valence-electron chi connectivity index (χ2n) is 12.9. The number of hydrogen-bond acceptors (Lipinski definition) is 2. The Morgan fingerprint density at radius 3 is 1.97 bits per heavy atom. The predicted molar refractivity (Wildman–Crippen MR) is 167 cm³/mol. The molecule has 196 valence electrons. The quantitative estimate of drug-likeness (QED) is 0.225. The van der Waals surface area contributed by atoms with Crippen molar-refractivity contribution in [2.75, 3.05) is 0 Å². The molecule has 2 nitrogen and oxygen atoms in total. The zero-order valence-corrected chi connectivity index (χ0v) is 24.1. The van der Waals surface area contributed by atoms with Crippen LogP contribution in [0.2, 0.25) is 0 Å². The van der Waals surface area contributed by atoms with E-state index in [4.69, 9.17) is 9.31 Å². The molecular formula is C36H37BO2. The van der Waals surface area contributed by atoms with Gasteiger partial charge in [-0.3, -0.25) is 0 Å². The summed E-state index contributed by atoms with van der Waals surface area (Å²) in [6, 6.07) is 35.6. The van der Waals surface area contributed by atoms with Crippen LogP contribution in [-0.2, 0) is 14.7 Å². The Kier molecular flexibility index (Phi) is 6.02. The Bertz CT molecular complexity index is 1690. The van der Waals surface area contributed by atoms with Gasteiger partial charge in [-0.15, -0.1) is 0 Å². The number of rotatable bonds is 3. The third kappa shape index (κ3) is 4.58. The molecule has 0 aliphatic carbocycles. The van der Waals surface area contributed by atoms with Gasteiger partial charge in [-0.1, -0.05) is 106 Å². The first-order chi connectivity index (χ1) is 18.4. The molecule has 0 aromatic heterocycles. The predicted octanol–water partition coefficient (Wildman–Crippen LogP) is 8.92. The molecule has 6 rings (SSSR count). The van der Waals surface area contributed by atoms with Crippen LogP contribution in [0, 0.1) is 0 Å². The molecule has 1 heterocycles. The topological polar surface area (TPSA) is 18.5 Å². The SMILES string of the molecule is CC(C)(C)c1ccc(-c2ccc3cc(B4OC(C)(C)C(C)(C)O4)ccc3c2)c(-c2cccc3ccccc23)c1. The highest BCUT2D eigenvalue weighted by Gasteiger charge is 2.51. The van der Waals surface area contributed by atoms with Crippen molar-refractivity contribution in [1.29, 1.82) is 0 Å². The number of benzene rings is 5. The maximum Gasteiger partial charge on any atom is 0.494 e. The first-order valence-electron chi connectivity index (χ1n) is 14.0. The van der Waals surface area contributed by atoms with E-state index in [2.05, 4.69) is 146 Å². The second kappa shape index (κ2) is 9.08. The molecular weight excluding hydrogens is 475 g/mol. The average molecular weight is 513 g/mol. The minimum atomic E-state index is -0.359. The molecule has 0 bridgehead atoms. The summed E-state index contributed by atoms with van der Waals surface area (Å²) in [7, 11) is -0.359. The highest BCUT2D eigenvalue weighted by molar-refractivity contribution is 6.62. The largest absolute Gasteiger partial charge is 0.494 e. The van der Waals surface area contributed by atoms with Crippen molar-refractivity contribution < 1.29 is 9.31 Å². The van der Waals surface area contributed by atoms with Gasteiger partial charge in [0, 0.05) is 0 Å². The summed E-state index contributed by atoms with van der Waals surface area (Å²) in [5.74, 6) is 0. The monoisotopic (exact) mass is 512 g/mol. The highest BCUT2D eigenvalue weighted by atomic mass is 16.7. The second-order valence-corrected chi connectivity index (χ2v) is 12.9. The van der Waals surface area contributed by atoms with Gasteiger partial charge >= 0.3 is 7.12 Å². The molecule has 3 heteroatoms. The summed E-state index contributed by atoms with van der Waals surface area (Å²) < 4.78 is 12.6. The van der Waals surface area contributed by atoms with Crippen LogP contribution in [-0.4, -0.2) is 18.3 Å².